The van der Waals surface area contributed by atoms with E-state index in [-0.39, 0.29) is 11.8 Å². The maximum Gasteiger partial charge on any atom is 0.272 e. The number of aromatic nitrogens is 2. The summed E-state index contributed by atoms with van der Waals surface area (Å²) in [4.78, 5) is 14.3. The van der Waals surface area contributed by atoms with Crippen molar-refractivity contribution in [1.29, 1.82) is 0 Å². The molecule has 1 amide bonds. The Morgan fingerprint density at radius 2 is 2.04 bits per heavy atom. The average molecular weight is 329 g/mol. The standard InChI is InChI=1S/C18H20FN3O2/c19-16-7-6-13(16)11-21-8-9-22-17(18(21)23)10-14(20-22)12-24-15-4-2-1-3-5-15/h1-5,10,13,16H,6-9,11-12H2/t13-,16?/m1/s1. The topological polar surface area (TPSA) is 47.4 Å². The van der Waals surface area contributed by atoms with Gasteiger partial charge in [0.1, 0.15) is 29.9 Å². The second kappa shape index (κ2) is 6.26. The molecule has 0 N–H and O–H groups in total. The molecule has 2 aliphatic rings. The number of para-hydroxylation sites is 1. The molecular formula is C18H20FN3O2. The molecule has 1 aliphatic heterocycles. The van der Waals surface area contributed by atoms with Gasteiger partial charge in [-0.1, -0.05) is 18.2 Å². The van der Waals surface area contributed by atoms with Gasteiger partial charge in [0.25, 0.3) is 5.91 Å². The van der Waals surface area contributed by atoms with E-state index in [2.05, 4.69) is 5.10 Å². The van der Waals surface area contributed by atoms with Crippen molar-refractivity contribution in [1.82, 2.24) is 14.7 Å². The predicted octanol–water partition coefficient (Wildman–Crippen LogP) is 2.67. The van der Waals surface area contributed by atoms with Crippen LogP contribution in [0.3, 0.4) is 0 Å². The van der Waals surface area contributed by atoms with Crippen molar-refractivity contribution in [2.75, 3.05) is 13.1 Å². The average Bonchev–Trinajstić information content (AvgIpc) is 3.03. The molecule has 1 saturated carbocycles. The molecule has 24 heavy (non-hydrogen) atoms. The van der Waals surface area contributed by atoms with Gasteiger partial charge >= 0.3 is 0 Å². The third-order valence-corrected chi connectivity index (χ3v) is 4.83. The summed E-state index contributed by atoms with van der Waals surface area (Å²) in [6.07, 6.45) is 0.755. The first-order valence-corrected chi connectivity index (χ1v) is 8.38. The molecule has 4 rings (SSSR count). The number of hydrogen-bond acceptors (Lipinski definition) is 3. The van der Waals surface area contributed by atoms with Gasteiger partial charge in [0, 0.05) is 19.0 Å². The van der Waals surface area contributed by atoms with Crippen LogP contribution in [0.25, 0.3) is 0 Å². The molecule has 0 saturated heterocycles. The van der Waals surface area contributed by atoms with E-state index in [4.69, 9.17) is 4.74 Å². The summed E-state index contributed by atoms with van der Waals surface area (Å²) in [6.45, 7) is 2.08. The molecule has 0 bridgehead atoms. The minimum atomic E-state index is -0.750. The highest BCUT2D eigenvalue weighted by Gasteiger charge is 2.35. The van der Waals surface area contributed by atoms with E-state index in [1.807, 2.05) is 30.3 Å². The van der Waals surface area contributed by atoms with Crippen LogP contribution in [0.2, 0.25) is 0 Å². The highest BCUT2D eigenvalue weighted by atomic mass is 19.1. The number of nitrogens with zero attached hydrogens (tertiary/aromatic N) is 3. The summed E-state index contributed by atoms with van der Waals surface area (Å²) in [5, 5.41) is 4.45. The molecule has 1 fully saturated rings. The number of rotatable bonds is 5. The van der Waals surface area contributed by atoms with Gasteiger partial charge in [0.05, 0.1) is 6.54 Å². The molecule has 126 valence electrons. The van der Waals surface area contributed by atoms with E-state index in [0.29, 0.717) is 38.4 Å². The Labute approximate surface area is 140 Å². The number of amides is 1. The lowest BCUT2D eigenvalue weighted by molar-refractivity contribution is 0.0462. The van der Waals surface area contributed by atoms with Gasteiger partial charge < -0.3 is 9.64 Å². The largest absolute Gasteiger partial charge is 0.487 e. The van der Waals surface area contributed by atoms with E-state index in [1.54, 1.807) is 15.6 Å². The van der Waals surface area contributed by atoms with Crippen LogP contribution < -0.4 is 4.74 Å². The van der Waals surface area contributed by atoms with E-state index in [9.17, 15) is 9.18 Å². The Balaban J connectivity index is 1.42. The zero-order valence-corrected chi connectivity index (χ0v) is 13.4. The maximum atomic E-state index is 13.5. The van der Waals surface area contributed by atoms with E-state index >= 15 is 0 Å². The van der Waals surface area contributed by atoms with Crippen molar-refractivity contribution in [3.05, 3.63) is 47.8 Å². The lowest BCUT2D eigenvalue weighted by Crippen LogP contribution is -2.46. The third-order valence-electron chi connectivity index (χ3n) is 4.83. The Bertz CT molecular complexity index is 731. The molecule has 1 aliphatic carbocycles. The van der Waals surface area contributed by atoms with Crippen molar-refractivity contribution in [2.45, 2.75) is 32.2 Å². The van der Waals surface area contributed by atoms with Crippen molar-refractivity contribution in [3.8, 4) is 5.75 Å². The molecular weight excluding hydrogens is 309 g/mol. The van der Waals surface area contributed by atoms with Crippen LogP contribution in [-0.4, -0.2) is 39.8 Å². The third kappa shape index (κ3) is 2.88. The van der Waals surface area contributed by atoms with Gasteiger partial charge in [-0.3, -0.25) is 9.48 Å². The Kier molecular flexibility index (Phi) is 3.96. The predicted molar refractivity (Wildman–Crippen MR) is 86.5 cm³/mol. The Morgan fingerprint density at radius 1 is 1.21 bits per heavy atom. The summed E-state index contributed by atoms with van der Waals surface area (Å²) >= 11 is 0. The van der Waals surface area contributed by atoms with Crippen LogP contribution in [0.4, 0.5) is 4.39 Å². The first-order chi connectivity index (χ1) is 11.7. The molecule has 0 radical (unpaired) electrons. The summed E-state index contributed by atoms with van der Waals surface area (Å²) in [6, 6.07) is 11.3. The smallest absolute Gasteiger partial charge is 0.272 e. The summed E-state index contributed by atoms with van der Waals surface area (Å²) in [5.74, 6) is 0.721. The molecule has 5 nitrogen and oxygen atoms in total. The molecule has 2 aromatic rings. The quantitative estimate of drug-likeness (QED) is 0.847. The van der Waals surface area contributed by atoms with Crippen LogP contribution >= 0.6 is 0 Å². The van der Waals surface area contributed by atoms with E-state index in [1.165, 1.54) is 0 Å². The number of carbonyl (C=O) groups is 1. The highest BCUT2D eigenvalue weighted by Crippen LogP contribution is 2.31. The van der Waals surface area contributed by atoms with Crippen molar-refractivity contribution >= 4 is 5.91 Å². The molecule has 6 heteroatoms. The number of alkyl halides is 1. The Morgan fingerprint density at radius 3 is 2.75 bits per heavy atom. The molecule has 1 unspecified atom stereocenters. The van der Waals surface area contributed by atoms with Gasteiger partial charge in [-0.05, 0) is 31.0 Å². The van der Waals surface area contributed by atoms with Crippen LogP contribution in [0.1, 0.15) is 29.0 Å². The number of ether oxygens (including phenoxy) is 1. The van der Waals surface area contributed by atoms with Gasteiger partial charge in [-0.2, -0.15) is 5.10 Å². The minimum absolute atomic E-state index is 0.00399. The number of carbonyl (C=O) groups excluding carboxylic acids is 1. The second-order valence-corrected chi connectivity index (χ2v) is 6.45. The van der Waals surface area contributed by atoms with Gasteiger partial charge in [-0.15, -0.1) is 0 Å². The van der Waals surface area contributed by atoms with Crippen LogP contribution in [0.15, 0.2) is 36.4 Å². The first kappa shape index (κ1) is 15.2. The fourth-order valence-corrected chi connectivity index (χ4v) is 3.23. The van der Waals surface area contributed by atoms with Gasteiger partial charge in [0.15, 0.2) is 0 Å². The zero-order valence-electron chi connectivity index (χ0n) is 13.4. The van der Waals surface area contributed by atoms with Gasteiger partial charge in [-0.25, -0.2) is 4.39 Å². The fraction of sp³-hybridized carbons (Fsp3) is 0.444. The van der Waals surface area contributed by atoms with Gasteiger partial charge in [0.2, 0.25) is 0 Å². The SMILES string of the molecule is O=C1c2cc(COc3ccccc3)nn2CCN1C[C@H]1CCC1F. The van der Waals surface area contributed by atoms with Crippen molar-refractivity contribution < 1.29 is 13.9 Å². The molecule has 2 heterocycles. The maximum absolute atomic E-state index is 13.5. The van der Waals surface area contributed by atoms with Crippen molar-refractivity contribution in [2.24, 2.45) is 5.92 Å². The van der Waals surface area contributed by atoms with Crippen molar-refractivity contribution in [3.63, 3.8) is 0 Å². The normalized spacial score (nSPS) is 22.9. The molecule has 1 aromatic carbocycles. The zero-order chi connectivity index (χ0) is 16.5. The number of benzene rings is 1. The van der Waals surface area contributed by atoms with Crippen LogP contribution in [-0.2, 0) is 13.2 Å². The lowest BCUT2D eigenvalue weighted by atomic mass is 9.82. The number of halogens is 1. The second-order valence-electron chi connectivity index (χ2n) is 6.45. The van der Waals surface area contributed by atoms with E-state index in [0.717, 1.165) is 17.9 Å². The summed E-state index contributed by atoms with van der Waals surface area (Å²) in [7, 11) is 0. The fourth-order valence-electron chi connectivity index (χ4n) is 3.23. The first-order valence-electron chi connectivity index (χ1n) is 8.38. The molecule has 1 aromatic heterocycles. The van der Waals surface area contributed by atoms with Crippen LogP contribution in [0.5, 0.6) is 5.75 Å². The summed E-state index contributed by atoms with van der Waals surface area (Å²) < 4.78 is 20.9. The molecule has 0 spiro atoms. The molecule has 2 atom stereocenters. The van der Waals surface area contributed by atoms with E-state index < -0.39 is 6.17 Å². The monoisotopic (exact) mass is 329 g/mol. The summed E-state index contributed by atoms with van der Waals surface area (Å²) in [5.41, 5.74) is 1.30. The number of fused-ring (bicyclic) bond motifs is 1. The number of hydrogen-bond donors (Lipinski definition) is 0. The lowest BCUT2D eigenvalue weighted by Gasteiger charge is -2.36. The Hall–Kier alpha value is -2.37. The van der Waals surface area contributed by atoms with Crippen LogP contribution in [0, 0.1) is 5.92 Å². The highest BCUT2D eigenvalue weighted by molar-refractivity contribution is 5.93. The minimum Gasteiger partial charge on any atom is -0.487 e.